The highest BCUT2D eigenvalue weighted by molar-refractivity contribution is 6.33. The number of carbonyl (C=O) groups is 2. The molecular formula is C24H23ClF3NO5. The third-order valence-corrected chi connectivity index (χ3v) is 5.67. The zero-order chi connectivity index (χ0) is 25.2. The number of carbonyl (C=O) groups excluding carboxylic acids is 2. The largest absolute Gasteiger partial charge is 0.573 e. The van der Waals surface area contributed by atoms with Crippen LogP contribution in [0.15, 0.2) is 36.4 Å². The summed E-state index contributed by atoms with van der Waals surface area (Å²) >= 11 is 6.30. The van der Waals surface area contributed by atoms with E-state index in [1.54, 1.807) is 26.0 Å². The molecule has 10 heteroatoms. The molecule has 0 aliphatic heterocycles. The second kappa shape index (κ2) is 9.97. The fourth-order valence-corrected chi connectivity index (χ4v) is 3.78. The van der Waals surface area contributed by atoms with Crippen LogP contribution >= 0.6 is 11.6 Å². The number of hydrogen-bond acceptors (Lipinski definition) is 5. The van der Waals surface area contributed by atoms with E-state index in [1.807, 2.05) is 6.92 Å². The SMILES string of the molecule is CCC(C)OC(=O)Cc1c(C)n(C(=O)c2ccc(OC(F)(F)F)cc2)c2cc(Cl)c(OC)cc12. The van der Waals surface area contributed by atoms with E-state index in [1.165, 1.54) is 23.8 Å². The van der Waals surface area contributed by atoms with Gasteiger partial charge in [-0.15, -0.1) is 13.2 Å². The molecule has 34 heavy (non-hydrogen) atoms. The van der Waals surface area contributed by atoms with Crippen LogP contribution in [0.1, 0.15) is 41.9 Å². The summed E-state index contributed by atoms with van der Waals surface area (Å²) in [6.07, 6.45) is -4.53. The molecule has 0 amide bonds. The van der Waals surface area contributed by atoms with Crippen molar-refractivity contribution in [2.45, 2.75) is 46.1 Å². The Hall–Kier alpha value is -3.20. The van der Waals surface area contributed by atoms with Crippen molar-refractivity contribution in [3.63, 3.8) is 0 Å². The van der Waals surface area contributed by atoms with Crippen LogP contribution in [0, 0.1) is 6.92 Å². The first-order chi connectivity index (χ1) is 15.9. The van der Waals surface area contributed by atoms with Gasteiger partial charge in [-0.25, -0.2) is 0 Å². The minimum absolute atomic E-state index is 0.0872. The molecule has 2 aromatic carbocycles. The Bertz CT molecular complexity index is 1220. The number of fused-ring (bicyclic) bond motifs is 1. The Labute approximate surface area is 199 Å². The van der Waals surface area contributed by atoms with Crippen LogP contribution in [0.2, 0.25) is 5.02 Å². The van der Waals surface area contributed by atoms with Crippen LogP contribution in [0.4, 0.5) is 13.2 Å². The molecule has 182 valence electrons. The second-order valence-electron chi connectivity index (χ2n) is 7.67. The number of hydrogen-bond donors (Lipinski definition) is 0. The number of nitrogens with zero attached hydrogens (tertiary/aromatic N) is 1. The average molecular weight is 498 g/mol. The lowest BCUT2D eigenvalue weighted by Gasteiger charge is -2.11. The lowest BCUT2D eigenvalue weighted by Crippen LogP contribution is -2.18. The summed E-state index contributed by atoms with van der Waals surface area (Å²) in [4.78, 5) is 25.9. The van der Waals surface area contributed by atoms with E-state index in [0.717, 1.165) is 12.1 Å². The van der Waals surface area contributed by atoms with Gasteiger partial charge in [-0.3, -0.25) is 14.2 Å². The van der Waals surface area contributed by atoms with Crippen molar-refractivity contribution in [1.82, 2.24) is 4.57 Å². The van der Waals surface area contributed by atoms with Gasteiger partial charge in [0.25, 0.3) is 5.91 Å². The third kappa shape index (κ3) is 5.47. The third-order valence-electron chi connectivity index (χ3n) is 5.37. The van der Waals surface area contributed by atoms with Crippen molar-refractivity contribution < 1.29 is 37.0 Å². The van der Waals surface area contributed by atoms with Gasteiger partial charge in [0, 0.05) is 16.6 Å². The maximum absolute atomic E-state index is 13.4. The van der Waals surface area contributed by atoms with Crippen molar-refractivity contribution in [3.05, 3.63) is 58.2 Å². The minimum Gasteiger partial charge on any atom is -0.495 e. The van der Waals surface area contributed by atoms with Crippen LogP contribution in [0.5, 0.6) is 11.5 Å². The van der Waals surface area contributed by atoms with Crippen LogP contribution in [-0.2, 0) is 16.0 Å². The summed E-state index contributed by atoms with van der Waals surface area (Å²) in [6.45, 7) is 5.35. The van der Waals surface area contributed by atoms with Gasteiger partial charge in [-0.1, -0.05) is 18.5 Å². The number of ether oxygens (including phenoxy) is 3. The van der Waals surface area contributed by atoms with E-state index in [4.69, 9.17) is 21.1 Å². The molecule has 0 fully saturated rings. The molecule has 0 N–H and O–H groups in total. The molecular weight excluding hydrogens is 475 g/mol. The molecule has 0 saturated heterocycles. The van der Waals surface area contributed by atoms with Gasteiger partial charge in [0.1, 0.15) is 11.5 Å². The summed E-state index contributed by atoms with van der Waals surface area (Å²) in [5.74, 6) is -1.04. The normalized spacial score (nSPS) is 12.5. The number of methoxy groups -OCH3 is 1. The molecule has 0 aliphatic rings. The zero-order valence-electron chi connectivity index (χ0n) is 19.0. The summed E-state index contributed by atoms with van der Waals surface area (Å²) in [6, 6.07) is 7.77. The van der Waals surface area contributed by atoms with Gasteiger partial charge in [0.05, 0.1) is 30.2 Å². The van der Waals surface area contributed by atoms with Crippen LogP contribution < -0.4 is 9.47 Å². The van der Waals surface area contributed by atoms with Crippen LogP contribution in [0.3, 0.4) is 0 Å². The lowest BCUT2D eigenvalue weighted by molar-refractivity contribution is -0.274. The van der Waals surface area contributed by atoms with E-state index in [-0.39, 0.29) is 23.1 Å². The molecule has 1 atom stereocenters. The first-order valence-corrected chi connectivity index (χ1v) is 10.8. The first-order valence-electron chi connectivity index (χ1n) is 10.4. The number of halogens is 4. The molecule has 0 bridgehead atoms. The molecule has 3 aromatic rings. The van der Waals surface area contributed by atoms with E-state index < -0.39 is 24.0 Å². The predicted octanol–water partition coefficient (Wildman–Crippen LogP) is 6.08. The molecule has 0 saturated carbocycles. The molecule has 1 unspecified atom stereocenters. The second-order valence-corrected chi connectivity index (χ2v) is 8.07. The Kier molecular flexibility index (Phi) is 7.45. The van der Waals surface area contributed by atoms with Gasteiger partial charge in [0.15, 0.2) is 0 Å². The van der Waals surface area contributed by atoms with Gasteiger partial charge in [-0.2, -0.15) is 0 Å². The molecule has 0 aliphatic carbocycles. The highest BCUT2D eigenvalue weighted by atomic mass is 35.5. The minimum atomic E-state index is -4.84. The van der Waals surface area contributed by atoms with Gasteiger partial charge in [-0.05, 0) is 62.2 Å². The molecule has 6 nitrogen and oxygen atoms in total. The smallest absolute Gasteiger partial charge is 0.495 e. The molecule has 3 rings (SSSR count). The van der Waals surface area contributed by atoms with Crippen LogP contribution in [-0.4, -0.2) is 36.0 Å². The van der Waals surface area contributed by atoms with Crippen LogP contribution in [0.25, 0.3) is 10.9 Å². The summed E-state index contributed by atoms with van der Waals surface area (Å²) < 4.78 is 53.3. The Morgan fingerprint density at radius 2 is 1.79 bits per heavy atom. The van der Waals surface area contributed by atoms with Gasteiger partial charge in [0.2, 0.25) is 0 Å². The standard InChI is InChI=1S/C24H23ClF3NO5/c1-5-13(2)33-22(30)11-17-14(3)29(20-12-19(25)21(32-4)10-18(17)20)23(31)15-6-8-16(9-7-15)34-24(26,27)28/h6-10,12-13H,5,11H2,1-4H3. The van der Waals surface area contributed by atoms with Gasteiger partial charge >= 0.3 is 12.3 Å². The Morgan fingerprint density at radius 3 is 2.35 bits per heavy atom. The molecule has 1 aromatic heterocycles. The Morgan fingerprint density at radius 1 is 1.15 bits per heavy atom. The molecule has 0 spiro atoms. The van der Waals surface area contributed by atoms with E-state index in [0.29, 0.717) is 34.3 Å². The van der Waals surface area contributed by atoms with Crippen molar-refractivity contribution in [1.29, 1.82) is 0 Å². The fourth-order valence-electron chi connectivity index (χ4n) is 3.54. The van der Waals surface area contributed by atoms with Gasteiger partial charge < -0.3 is 14.2 Å². The van der Waals surface area contributed by atoms with E-state index in [9.17, 15) is 22.8 Å². The summed E-state index contributed by atoms with van der Waals surface area (Å²) in [5, 5.41) is 0.828. The van der Waals surface area contributed by atoms with Crippen molar-refractivity contribution in [3.8, 4) is 11.5 Å². The first kappa shape index (κ1) is 25.4. The number of esters is 1. The summed E-state index contributed by atoms with van der Waals surface area (Å²) in [7, 11) is 1.45. The van der Waals surface area contributed by atoms with E-state index in [2.05, 4.69) is 4.74 Å². The quantitative estimate of drug-likeness (QED) is 0.370. The maximum atomic E-state index is 13.4. The number of alkyl halides is 3. The highest BCUT2D eigenvalue weighted by Gasteiger charge is 2.31. The monoisotopic (exact) mass is 497 g/mol. The number of benzene rings is 2. The fraction of sp³-hybridized carbons (Fsp3) is 0.333. The Balaban J connectivity index is 2.08. The molecule has 0 radical (unpaired) electrons. The van der Waals surface area contributed by atoms with Crippen molar-refractivity contribution >= 4 is 34.4 Å². The topological polar surface area (TPSA) is 66.8 Å². The molecule has 1 heterocycles. The summed E-state index contributed by atoms with van der Waals surface area (Å²) in [5.41, 5.74) is 1.58. The predicted molar refractivity (Wildman–Crippen MR) is 121 cm³/mol. The van der Waals surface area contributed by atoms with Crippen molar-refractivity contribution in [2.24, 2.45) is 0 Å². The number of aromatic nitrogens is 1. The number of rotatable bonds is 7. The zero-order valence-corrected chi connectivity index (χ0v) is 19.7. The maximum Gasteiger partial charge on any atom is 0.573 e. The van der Waals surface area contributed by atoms with Crippen molar-refractivity contribution in [2.75, 3.05) is 7.11 Å². The average Bonchev–Trinajstić information content (AvgIpc) is 3.02. The highest BCUT2D eigenvalue weighted by Crippen LogP contribution is 2.36. The van der Waals surface area contributed by atoms with E-state index >= 15 is 0 Å². The lowest BCUT2D eigenvalue weighted by atomic mass is 10.1.